The minimum Gasteiger partial charge on any atom is -0.397 e. The number of carbonyl (C=O) groups excluding carboxylic acids is 2. The van der Waals surface area contributed by atoms with Gasteiger partial charge in [0.2, 0.25) is 11.8 Å². The highest BCUT2D eigenvalue weighted by Crippen LogP contribution is 2.39. The lowest BCUT2D eigenvalue weighted by Gasteiger charge is -2.39. The minimum absolute atomic E-state index is 0.0188. The van der Waals surface area contributed by atoms with Gasteiger partial charge >= 0.3 is 0 Å². The Kier molecular flexibility index (Phi) is 12.9. The van der Waals surface area contributed by atoms with E-state index in [0.717, 1.165) is 59.4 Å². The first-order valence-electron chi connectivity index (χ1n) is 18.3. The van der Waals surface area contributed by atoms with Crippen molar-refractivity contribution in [2.24, 2.45) is 0 Å². The maximum atomic E-state index is 12.7. The second-order valence-corrected chi connectivity index (χ2v) is 13.6. The molecule has 5 N–H and O–H groups in total. The van der Waals surface area contributed by atoms with Crippen molar-refractivity contribution < 1.29 is 24.2 Å². The van der Waals surface area contributed by atoms with E-state index in [1.165, 1.54) is 19.3 Å². The highest BCUT2D eigenvalue weighted by atomic mass is 16.7. The molecular formula is C42H50N4O5. The number of nitrogens with two attached hydrogens (primary N) is 1. The Bertz CT molecular complexity index is 1720. The third-order valence-corrected chi connectivity index (χ3v) is 9.81. The SMILES string of the molecule is Nc1ccccc1NC(=O)CCCCC(=O)NCc1ccccc1-c1ccc([C@@H]2O[C@H](CN3CCCCC3)C[C@H](c3ccc(CO)cc3)O2)cc1. The van der Waals surface area contributed by atoms with Crippen LogP contribution in [0.5, 0.6) is 0 Å². The highest BCUT2D eigenvalue weighted by molar-refractivity contribution is 5.93. The molecule has 0 aliphatic carbocycles. The van der Waals surface area contributed by atoms with Crippen LogP contribution in [0, 0.1) is 0 Å². The Balaban J connectivity index is 1.04. The van der Waals surface area contributed by atoms with Gasteiger partial charge in [-0.2, -0.15) is 0 Å². The number of nitrogens with zero attached hydrogens (tertiary/aromatic N) is 1. The number of piperidine rings is 1. The summed E-state index contributed by atoms with van der Waals surface area (Å²) in [5.41, 5.74) is 13.1. The number of aliphatic hydroxyl groups is 1. The number of ether oxygens (including phenoxy) is 2. The van der Waals surface area contributed by atoms with Gasteiger partial charge in [0, 0.05) is 37.9 Å². The van der Waals surface area contributed by atoms with E-state index >= 15 is 0 Å². The molecule has 0 bridgehead atoms. The average molecular weight is 691 g/mol. The van der Waals surface area contributed by atoms with Crippen LogP contribution in [0.25, 0.3) is 11.1 Å². The van der Waals surface area contributed by atoms with Gasteiger partial charge in [0.15, 0.2) is 6.29 Å². The number of hydrogen-bond acceptors (Lipinski definition) is 7. The van der Waals surface area contributed by atoms with Crippen LogP contribution in [0.4, 0.5) is 11.4 Å². The van der Waals surface area contributed by atoms with E-state index in [4.69, 9.17) is 15.2 Å². The lowest BCUT2D eigenvalue weighted by atomic mass is 9.97. The van der Waals surface area contributed by atoms with Gasteiger partial charge in [0.05, 0.1) is 30.2 Å². The number of rotatable bonds is 14. The van der Waals surface area contributed by atoms with Gasteiger partial charge in [-0.1, -0.05) is 91.3 Å². The molecular weight excluding hydrogens is 640 g/mol. The van der Waals surface area contributed by atoms with E-state index in [0.29, 0.717) is 43.6 Å². The average Bonchev–Trinajstić information content (AvgIpc) is 3.17. The summed E-state index contributed by atoms with van der Waals surface area (Å²) >= 11 is 0. The number of para-hydroxylation sites is 2. The molecule has 2 amide bonds. The largest absolute Gasteiger partial charge is 0.397 e. The van der Waals surface area contributed by atoms with Crippen LogP contribution in [0.1, 0.15) is 86.0 Å². The molecule has 268 valence electrons. The number of hydrogen-bond donors (Lipinski definition) is 4. The Morgan fingerprint density at radius 1 is 0.784 bits per heavy atom. The van der Waals surface area contributed by atoms with E-state index < -0.39 is 6.29 Å². The monoisotopic (exact) mass is 690 g/mol. The quantitative estimate of drug-likeness (QED) is 0.0810. The first-order chi connectivity index (χ1) is 24.9. The van der Waals surface area contributed by atoms with Crippen molar-refractivity contribution >= 4 is 23.2 Å². The molecule has 2 fully saturated rings. The van der Waals surface area contributed by atoms with Gasteiger partial charge in [-0.25, -0.2) is 0 Å². The molecule has 9 nitrogen and oxygen atoms in total. The van der Waals surface area contributed by atoms with E-state index in [1.54, 1.807) is 12.1 Å². The molecule has 4 aromatic carbocycles. The number of aliphatic hydroxyl groups excluding tert-OH is 1. The molecule has 2 saturated heterocycles. The summed E-state index contributed by atoms with van der Waals surface area (Å²) in [5.74, 6) is -0.153. The summed E-state index contributed by atoms with van der Waals surface area (Å²) < 4.78 is 13.2. The van der Waals surface area contributed by atoms with Crippen LogP contribution >= 0.6 is 0 Å². The van der Waals surface area contributed by atoms with Gasteiger partial charge in [0.25, 0.3) is 0 Å². The summed E-state index contributed by atoms with van der Waals surface area (Å²) in [6.45, 7) is 3.54. The summed E-state index contributed by atoms with van der Waals surface area (Å²) in [7, 11) is 0. The smallest absolute Gasteiger partial charge is 0.224 e. The van der Waals surface area contributed by atoms with Gasteiger partial charge in [-0.05, 0) is 78.7 Å². The van der Waals surface area contributed by atoms with Crippen LogP contribution in [0.3, 0.4) is 0 Å². The molecule has 4 aromatic rings. The van der Waals surface area contributed by atoms with Gasteiger partial charge in [0.1, 0.15) is 0 Å². The molecule has 2 heterocycles. The van der Waals surface area contributed by atoms with Crippen LogP contribution in [0.15, 0.2) is 97.1 Å². The molecule has 0 spiro atoms. The number of carbonyl (C=O) groups is 2. The van der Waals surface area contributed by atoms with Gasteiger partial charge < -0.3 is 35.8 Å². The predicted molar refractivity (Wildman–Crippen MR) is 200 cm³/mol. The molecule has 0 unspecified atom stereocenters. The third-order valence-electron chi connectivity index (χ3n) is 9.81. The number of likely N-dealkylation sites (tertiary alicyclic amines) is 1. The second-order valence-electron chi connectivity index (χ2n) is 13.6. The maximum absolute atomic E-state index is 12.7. The van der Waals surface area contributed by atoms with E-state index in [-0.39, 0.29) is 30.6 Å². The first-order valence-corrected chi connectivity index (χ1v) is 18.3. The molecule has 2 aliphatic heterocycles. The maximum Gasteiger partial charge on any atom is 0.224 e. The van der Waals surface area contributed by atoms with Crippen molar-refractivity contribution in [3.8, 4) is 11.1 Å². The molecule has 2 aliphatic rings. The molecule has 6 rings (SSSR count). The van der Waals surface area contributed by atoms with Crippen LogP contribution in [0.2, 0.25) is 0 Å². The number of anilines is 2. The second kappa shape index (κ2) is 18.1. The molecule has 51 heavy (non-hydrogen) atoms. The van der Waals surface area contributed by atoms with E-state index in [2.05, 4.69) is 58.0 Å². The molecule has 9 heteroatoms. The zero-order valence-corrected chi connectivity index (χ0v) is 29.3. The minimum atomic E-state index is -0.498. The number of benzene rings is 4. The van der Waals surface area contributed by atoms with Crippen LogP contribution < -0.4 is 16.4 Å². The van der Waals surface area contributed by atoms with Crippen LogP contribution in [-0.2, 0) is 32.2 Å². The highest BCUT2D eigenvalue weighted by Gasteiger charge is 2.33. The van der Waals surface area contributed by atoms with Crippen LogP contribution in [-0.4, -0.2) is 47.6 Å². The molecule has 3 atom stereocenters. The van der Waals surface area contributed by atoms with Crippen molar-refractivity contribution in [1.82, 2.24) is 10.2 Å². The lowest BCUT2D eigenvalue weighted by molar-refractivity contribution is -0.253. The summed E-state index contributed by atoms with van der Waals surface area (Å²) in [6, 6.07) is 31.6. The Morgan fingerprint density at radius 3 is 2.22 bits per heavy atom. The van der Waals surface area contributed by atoms with E-state index in [1.807, 2.05) is 42.5 Å². The normalized spacial score (nSPS) is 19.4. The number of nitrogens with one attached hydrogen (secondary N) is 2. The zero-order chi connectivity index (χ0) is 35.4. The van der Waals surface area contributed by atoms with Gasteiger partial charge in [-0.15, -0.1) is 0 Å². The topological polar surface area (TPSA) is 126 Å². The van der Waals surface area contributed by atoms with E-state index in [9.17, 15) is 14.7 Å². The van der Waals surface area contributed by atoms with Crippen molar-refractivity contribution in [2.45, 2.75) is 83.0 Å². The van der Waals surface area contributed by atoms with Crippen molar-refractivity contribution in [3.05, 3.63) is 119 Å². The Labute approximate surface area is 301 Å². The summed E-state index contributed by atoms with van der Waals surface area (Å²) in [4.78, 5) is 27.5. The fourth-order valence-electron chi connectivity index (χ4n) is 6.92. The Hall–Kier alpha value is -4.54. The van der Waals surface area contributed by atoms with Crippen molar-refractivity contribution in [1.29, 1.82) is 0 Å². The predicted octanol–water partition coefficient (Wildman–Crippen LogP) is 7.27. The summed E-state index contributed by atoms with van der Waals surface area (Å²) in [6.07, 6.45) is 5.88. The fourth-order valence-corrected chi connectivity index (χ4v) is 6.92. The Morgan fingerprint density at radius 2 is 1.47 bits per heavy atom. The molecule has 0 aromatic heterocycles. The lowest BCUT2D eigenvalue weighted by Crippen LogP contribution is -2.41. The zero-order valence-electron chi connectivity index (χ0n) is 29.3. The van der Waals surface area contributed by atoms with Crippen molar-refractivity contribution in [3.63, 3.8) is 0 Å². The van der Waals surface area contributed by atoms with Crippen molar-refractivity contribution in [2.75, 3.05) is 30.7 Å². The molecule has 0 saturated carbocycles. The molecule has 0 radical (unpaired) electrons. The number of amides is 2. The first kappa shape index (κ1) is 36.3. The van der Waals surface area contributed by atoms with Gasteiger partial charge in [-0.3, -0.25) is 9.59 Å². The number of nitrogen functional groups attached to an aromatic ring is 1. The standard InChI is InChI=1S/C42H50N4O5/c43-37-12-4-5-13-38(37)45-41(49)15-7-6-14-40(48)44-27-34-10-2-3-11-36(34)31-20-22-33(23-21-31)42-50-35(28-46-24-8-1-9-25-46)26-39(51-42)32-18-16-30(29-47)17-19-32/h2-5,10-13,16-23,35,39,42,47H,1,6-9,14-15,24-29,43H2,(H,44,48)(H,45,49)/t35-,39+,42+/m0/s1. The third kappa shape index (κ3) is 10.3. The number of unbranched alkanes of at least 4 members (excludes halogenated alkanes) is 1. The summed E-state index contributed by atoms with van der Waals surface area (Å²) in [5, 5.41) is 15.4. The fraction of sp³-hybridized carbons (Fsp3) is 0.381.